The number of ether oxygens (including phenoxy) is 1. The van der Waals surface area contributed by atoms with Gasteiger partial charge in [0.25, 0.3) is 0 Å². The number of fused-ring (bicyclic) bond motifs is 2. The first-order valence-electron chi connectivity index (χ1n) is 12.7. The van der Waals surface area contributed by atoms with E-state index in [9.17, 15) is 18.0 Å². The highest BCUT2D eigenvalue weighted by atomic mass is 35.5. The third-order valence-corrected chi connectivity index (χ3v) is 7.41. The summed E-state index contributed by atoms with van der Waals surface area (Å²) in [6.45, 7) is 2.82. The Hall–Kier alpha value is -3.79. The van der Waals surface area contributed by atoms with Crippen molar-refractivity contribution in [3.05, 3.63) is 106 Å². The summed E-state index contributed by atoms with van der Waals surface area (Å²) in [5.74, 6) is -1.01. The summed E-state index contributed by atoms with van der Waals surface area (Å²) in [4.78, 5) is 19.4. The number of aromatic amines is 2. The monoisotopic (exact) mass is 569 g/mol. The van der Waals surface area contributed by atoms with E-state index in [2.05, 4.69) is 27.0 Å². The number of carbonyl (C=O) groups is 1. The maximum absolute atomic E-state index is 12.9. The largest absolute Gasteiger partial charge is 0.478 e. The first-order valence-corrected chi connectivity index (χ1v) is 13.1. The van der Waals surface area contributed by atoms with Crippen molar-refractivity contribution >= 4 is 39.4 Å². The molecule has 2 aromatic heterocycles. The van der Waals surface area contributed by atoms with Gasteiger partial charge in [0.05, 0.1) is 29.4 Å². The summed E-state index contributed by atoms with van der Waals surface area (Å²) in [6.07, 6.45) is -1.88. The number of hydrogen-bond donors (Lipinski definition) is 3. The number of rotatable bonds is 5. The van der Waals surface area contributed by atoms with Crippen molar-refractivity contribution in [1.29, 1.82) is 0 Å². The van der Waals surface area contributed by atoms with Crippen molar-refractivity contribution in [3.63, 3.8) is 0 Å². The smallest absolute Gasteiger partial charge is 0.416 e. The van der Waals surface area contributed by atoms with Gasteiger partial charge in [-0.25, -0.2) is 4.79 Å². The zero-order valence-corrected chi connectivity index (χ0v) is 22.1. The summed E-state index contributed by atoms with van der Waals surface area (Å²) in [5, 5.41) is 10.9. The summed E-state index contributed by atoms with van der Waals surface area (Å²) in [5.41, 5.74) is 3.40. The maximum atomic E-state index is 12.9. The molecule has 0 radical (unpaired) electrons. The van der Waals surface area contributed by atoms with Crippen LogP contribution in [0.3, 0.4) is 0 Å². The first-order chi connectivity index (χ1) is 19.2. The molecule has 208 valence electrons. The topological polar surface area (TPSA) is 81.3 Å². The number of benzene rings is 3. The Morgan fingerprint density at radius 1 is 1.00 bits per heavy atom. The molecule has 5 aromatic rings. The third kappa shape index (κ3) is 6.17. The van der Waals surface area contributed by atoms with Crippen LogP contribution in [0, 0.1) is 0 Å². The Kier molecular flexibility index (Phi) is 8.16. The fourth-order valence-corrected chi connectivity index (χ4v) is 5.26. The number of halogens is 4. The SMILES string of the molecule is FC(F)(F)c1ccc(C(Cc2cc3ccccc3[nH]2)N2CCOCC2)cc1.O=C(O)c1ccc2[nH]ccc2c1Cl. The number of hydrogen-bond acceptors (Lipinski definition) is 3. The highest BCUT2D eigenvalue weighted by Gasteiger charge is 2.31. The standard InChI is InChI=1S/C21H21F3N2O.C9H6ClNO2/c22-21(23,24)17-7-5-15(6-8-17)20(26-9-11-27-12-10-26)14-18-13-16-3-1-2-4-19(16)25-18;10-8-5-3-4-11-7(5)2-1-6(8)9(12)13/h1-8,13,20,25H,9-12,14H2;1-4,11H,(H,12,13). The number of morpholine rings is 1. The van der Waals surface area contributed by atoms with Crippen LogP contribution in [-0.2, 0) is 17.3 Å². The third-order valence-electron chi connectivity index (χ3n) is 7.01. The molecule has 1 atom stereocenters. The quantitative estimate of drug-likeness (QED) is 0.207. The number of H-pyrrole nitrogens is 2. The number of para-hydroxylation sites is 1. The minimum Gasteiger partial charge on any atom is -0.478 e. The molecule has 1 unspecified atom stereocenters. The van der Waals surface area contributed by atoms with Gasteiger partial charge < -0.3 is 19.8 Å². The van der Waals surface area contributed by atoms with Gasteiger partial charge in [-0.1, -0.05) is 41.9 Å². The van der Waals surface area contributed by atoms with E-state index in [-0.39, 0.29) is 16.6 Å². The molecule has 3 aromatic carbocycles. The lowest BCUT2D eigenvalue weighted by Gasteiger charge is -2.34. The average molecular weight is 570 g/mol. The van der Waals surface area contributed by atoms with Crippen molar-refractivity contribution < 1.29 is 27.8 Å². The predicted molar refractivity (Wildman–Crippen MR) is 149 cm³/mol. The van der Waals surface area contributed by atoms with Crippen molar-refractivity contribution in [2.75, 3.05) is 26.3 Å². The molecule has 0 bridgehead atoms. The molecule has 40 heavy (non-hydrogen) atoms. The van der Waals surface area contributed by atoms with E-state index in [1.54, 1.807) is 30.5 Å². The summed E-state index contributed by atoms with van der Waals surface area (Å²) in [6, 6.07) is 20.7. The van der Waals surface area contributed by atoms with Crippen LogP contribution in [0.4, 0.5) is 13.2 Å². The molecule has 0 spiro atoms. The molecule has 0 saturated carbocycles. The second-order valence-electron chi connectivity index (χ2n) is 9.54. The Bertz CT molecular complexity index is 1570. The normalized spacial score (nSPS) is 15.1. The average Bonchev–Trinajstić information content (AvgIpc) is 3.59. The van der Waals surface area contributed by atoms with Gasteiger partial charge in [0, 0.05) is 53.9 Å². The Labute approximate surface area is 233 Å². The van der Waals surface area contributed by atoms with Gasteiger partial charge >= 0.3 is 12.1 Å². The number of nitrogens with zero attached hydrogens (tertiary/aromatic N) is 1. The number of carboxylic acids is 1. The molecule has 1 saturated heterocycles. The molecular weight excluding hydrogens is 543 g/mol. The first kappa shape index (κ1) is 27.8. The molecule has 6 nitrogen and oxygen atoms in total. The van der Waals surface area contributed by atoms with Gasteiger partial charge in [0.1, 0.15) is 0 Å². The predicted octanol–water partition coefficient (Wildman–Crippen LogP) is 7.32. The second kappa shape index (κ2) is 11.8. The van der Waals surface area contributed by atoms with Crippen LogP contribution in [0.1, 0.15) is 33.2 Å². The van der Waals surface area contributed by atoms with Gasteiger partial charge in [-0.2, -0.15) is 13.2 Å². The number of nitrogens with one attached hydrogen (secondary N) is 2. The van der Waals surface area contributed by atoms with Crippen molar-refractivity contribution in [2.24, 2.45) is 0 Å². The van der Waals surface area contributed by atoms with Crippen LogP contribution < -0.4 is 0 Å². The van der Waals surface area contributed by atoms with Crippen LogP contribution in [0.2, 0.25) is 5.02 Å². The summed E-state index contributed by atoms with van der Waals surface area (Å²) < 4.78 is 44.2. The molecule has 1 aliphatic heterocycles. The van der Waals surface area contributed by atoms with E-state index in [0.717, 1.165) is 46.2 Å². The van der Waals surface area contributed by atoms with E-state index < -0.39 is 17.7 Å². The number of aromatic carboxylic acids is 1. The summed E-state index contributed by atoms with van der Waals surface area (Å²) >= 11 is 5.88. The molecule has 1 aliphatic rings. The molecule has 10 heteroatoms. The number of alkyl halides is 3. The molecule has 0 amide bonds. The van der Waals surface area contributed by atoms with Crippen LogP contribution >= 0.6 is 11.6 Å². The van der Waals surface area contributed by atoms with E-state index in [1.165, 1.54) is 18.2 Å². The van der Waals surface area contributed by atoms with E-state index in [1.807, 2.05) is 18.2 Å². The second-order valence-corrected chi connectivity index (χ2v) is 9.92. The van der Waals surface area contributed by atoms with Crippen molar-refractivity contribution in [2.45, 2.75) is 18.6 Å². The fraction of sp³-hybridized carbons (Fsp3) is 0.233. The Morgan fingerprint density at radius 3 is 2.40 bits per heavy atom. The van der Waals surface area contributed by atoms with E-state index in [0.29, 0.717) is 19.6 Å². The molecule has 3 N–H and O–H groups in total. The van der Waals surface area contributed by atoms with E-state index in [4.69, 9.17) is 21.4 Å². The number of carboxylic acid groups (broad SMARTS) is 1. The molecule has 6 rings (SSSR count). The highest BCUT2D eigenvalue weighted by molar-refractivity contribution is 6.38. The molecule has 1 fully saturated rings. The Morgan fingerprint density at radius 2 is 1.73 bits per heavy atom. The maximum Gasteiger partial charge on any atom is 0.416 e. The fourth-order valence-electron chi connectivity index (χ4n) is 4.95. The zero-order valence-electron chi connectivity index (χ0n) is 21.3. The minimum atomic E-state index is -4.32. The van der Waals surface area contributed by atoms with Gasteiger partial charge in [0.15, 0.2) is 0 Å². The highest BCUT2D eigenvalue weighted by Crippen LogP contribution is 2.32. The number of aromatic nitrogens is 2. The van der Waals surface area contributed by atoms with Crippen molar-refractivity contribution in [3.8, 4) is 0 Å². The molecule has 0 aliphatic carbocycles. The lowest BCUT2D eigenvalue weighted by atomic mass is 9.98. The van der Waals surface area contributed by atoms with Gasteiger partial charge in [-0.3, -0.25) is 4.90 Å². The van der Waals surface area contributed by atoms with Crippen LogP contribution in [-0.4, -0.2) is 52.2 Å². The van der Waals surface area contributed by atoms with Crippen LogP contribution in [0.5, 0.6) is 0 Å². The molecular formula is C30H27ClF3N3O3. The lowest BCUT2D eigenvalue weighted by molar-refractivity contribution is -0.137. The summed E-state index contributed by atoms with van der Waals surface area (Å²) in [7, 11) is 0. The van der Waals surface area contributed by atoms with Crippen LogP contribution in [0.15, 0.2) is 79.0 Å². The van der Waals surface area contributed by atoms with Crippen molar-refractivity contribution in [1.82, 2.24) is 14.9 Å². The van der Waals surface area contributed by atoms with Gasteiger partial charge in [0.2, 0.25) is 0 Å². The lowest BCUT2D eigenvalue weighted by Crippen LogP contribution is -2.40. The molecule has 3 heterocycles. The van der Waals surface area contributed by atoms with E-state index >= 15 is 0 Å². The Balaban J connectivity index is 0.000000207. The van der Waals surface area contributed by atoms with Gasteiger partial charge in [-0.15, -0.1) is 0 Å². The minimum absolute atomic E-state index is 0.00393. The zero-order chi connectivity index (χ0) is 28.3. The van der Waals surface area contributed by atoms with Gasteiger partial charge in [-0.05, 0) is 53.4 Å². The van der Waals surface area contributed by atoms with Crippen LogP contribution in [0.25, 0.3) is 21.8 Å².